The molecule has 0 radical (unpaired) electrons. The first-order valence-electron chi connectivity index (χ1n) is 6.76. The van der Waals surface area contributed by atoms with E-state index in [1.807, 2.05) is 6.07 Å². The highest BCUT2D eigenvalue weighted by Gasteiger charge is 2.24. The molecule has 4 nitrogen and oxygen atoms in total. The fourth-order valence-electron chi connectivity index (χ4n) is 2.49. The number of nitrogens with zero attached hydrogens (tertiary/aromatic N) is 3. The average molecular weight is 336 g/mol. The van der Waals surface area contributed by atoms with Gasteiger partial charge in [0.25, 0.3) is 0 Å². The molecule has 20 heavy (non-hydrogen) atoms. The third-order valence-electron chi connectivity index (χ3n) is 3.80. The minimum absolute atomic E-state index is 0.0116. The summed E-state index contributed by atoms with van der Waals surface area (Å²) in [6.45, 7) is 5.32. The third-order valence-corrected chi connectivity index (χ3v) is 4.33. The lowest BCUT2D eigenvalue weighted by Gasteiger charge is -2.38. The molecule has 1 aromatic carbocycles. The topological polar surface area (TPSA) is 47.3 Å². The summed E-state index contributed by atoms with van der Waals surface area (Å²) < 4.78 is 1.08. The number of piperazine rings is 1. The number of benzene rings is 1. The normalized spacial score (nSPS) is 17.6. The van der Waals surface area contributed by atoms with Gasteiger partial charge in [-0.1, -0.05) is 28.1 Å². The lowest BCUT2D eigenvalue weighted by atomic mass is 10.1. The van der Waals surface area contributed by atoms with Gasteiger partial charge in [0, 0.05) is 36.7 Å². The van der Waals surface area contributed by atoms with E-state index in [2.05, 4.69) is 52.0 Å². The summed E-state index contributed by atoms with van der Waals surface area (Å²) in [5.41, 5.74) is 1.28. The maximum Gasteiger partial charge on any atom is 0.236 e. The Labute approximate surface area is 128 Å². The monoisotopic (exact) mass is 335 g/mol. The van der Waals surface area contributed by atoms with Gasteiger partial charge in [-0.25, -0.2) is 0 Å². The van der Waals surface area contributed by atoms with Crippen molar-refractivity contribution in [1.82, 2.24) is 9.80 Å². The van der Waals surface area contributed by atoms with E-state index in [0.717, 1.165) is 17.6 Å². The molecule has 0 spiro atoms. The number of hydrogen-bond acceptors (Lipinski definition) is 3. The highest BCUT2D eigenvalue weighted by atomic mass is 79.9. The molecule has 1 saturated heterocycles. The van der Waals surface area contributed by atoms with Crippen LogP contribution in [-0.2, 0) is 4.79 Å². The van der Waals surface area contributed by atoms with E-state index in [-0.39, 0.29) is 12.3 Å². The van der Waals surface area contributed by atoms with Crippen LogP contribution in [0.15, 0.2) is 28.7 Å². The molecule has 1 heterocycles. The van der Waals surface area contributed by atoms with Gasteiger partial charge in [0.05, 0.1) is 6.07 Å². The molecule has 2 rings (SSSR count). The number of nitriles is 1. The Kier molecular flexibility index (Phi) is 5.16. The smallest absolute Gasteiger partial charge is 0.236 e. The van der Waals surface area contributed by atoms with E-state index in [0.29, 0.717) is 19.1 Å². The molecule has 5 heteroatoms. The summed E-state index contributed by atoms with van der Waals surface area (Å²) >= 11 is 3.44. The van der Waals surface area contributed by atoms with Crippen LogP contribution >= 0.6 is 15.9 Å². The largest absolute Gasteiger partial charge is 0.339 e. The van der Waals surface area contributed by atoms with Crippen molar-refractivity contribution in [3.63, 3.8) is 0 Å². The molecule has 1 fully saturated rings. The predicted octanol–water partition coefficient (Wildman–Crippen LogP) is 2.57. The number of amides is 1. The number of hydrogen-bond donors (Lipinski definition) is 0. The first-order chi connectivity index (χ1) is 9.61. The molecule has 1 amide bonds. The van der Waals surface area contributed by atoms with E-state index in [4.69, 9.17) is 5.26 Å². The Morgan fingerprint density at radius 1 is 1.30 bits per heavy atom. The van der Waals surface area contributed by atoms with Gasteiger partial charge in [0.2, 0.25) is 5.91 Å². The fraction of sp³-hybridized carbons (Fsp3) is 0.467. The Morgan fingerprint density at radius 2 is 1.90 bits per heavy atom. The average Bonchev–Trinajstić information content (AvgIpc) is 2.48. The van der Waals surface area contributed by atoms with E-state index in [1.165, 1.54) is 5.56 Å². The second kappa shape index (κ2) is 6.87. The van der Waals surface area contributed by atoms with Crippen molar-refractivity contribution in [1.29, 1.82) is 5.26 Å². The van der Waals surface area contributed by atoms with Crippen molar-refractivity contribution < 1.29 is 4.79 Å². The van der Waals surface area contributed by atoms with E-state index < -0.39 is 0 Å². The van der Waals surface area contributed by atoms with Crippen molar-refractivity contribution in [2.24, 2.45) is 0 Å². The van der Waals surface area contributed by atoms with Crippen molar-refractivity contribution in [3.05, 3.63) is 34.3 Å². The van der Waals surface area contributed by atoms with Crippen molar-refractivity contribution >= 4 is 21.8 Å². The Balaban J connectivity index is 1.92. The lowest BCUT2D eigenvalue weighted by molar-refractivity contribution is -0.132. The highest BCUT2D eigenvalue weighted by Crippen LogP contribution is 2.23. The number of carbonyl (C=O) groups excluding carboxylic acids is 1. The third kappa shape index (κ3) is 3.59. The molecule has 1 aliphatic heterocycles. The second-order valence-corrected chi connectivity index (χ2v) is 5.89. The van der Waals surface area contributed by atoms with Gasteiger partial charge in [-0.3, -0.25) is 9.69 Å². The van der Waals surface area contributed by atoms with Gasteiger partial charge in [-0.05, 0) is 24.6 Å². The zero-order valence-electron chi connectivity index (χ0n) is 11.6. The summed E-state index contributed by atoms with van der Waals surface area (Å²) in [6, 6.07) is 10.6. The first-order valence-corrected chi connectivity index (χ1v) is 7.55. The quantitative estimate of drug-likeness (QED) is 0.852. The number of carbonyl (C=O) groups is 1. The van der Waals surface area contributed by atoms with Crippen LogP contribution in [0.4, 0.5) is 0 Å². The van der Waals surface area contributed by atoms with E-state index in [1.54, 1.807) is 4.90 Å². The molecule has 0 bridgehead atoms. The second-order valence-electron chi connectivity index (χ2n) is 4.98. The summed E-state index contributed by atoms with van der Waals surface area (Å²) in [5, 5.41) is 8.57. The Bertz CT molecular complexity index is 501. The van der Waals surface area contributed by atoms with Crippen LogP contribution in [-0.4, -0.2) is 41.9 Å². The summed E-state index contributed by atoms with van der Waals surface area (Å²) in [5.74, 6) is -0.0524. The maximum atomic E-state index is 11.7. The molecule has 0 unspecified atom stereocenters. The molecule has 1 aliphatic rings. The summed E-state index contributed by atoms with van der Waals surface area (Å²) in [6.07, 6.45) is -0.0116. The number of halogens is 1. The van der Waals surface area contributed by atoms with Crippen LogP contribution in [0.1, 0.15) is 24.9 Å². The molecule has 0 N–H and O–H groups in total. The van der Waals surface area contributed by atoms with Crippen LogP contribution in [0, 0.1) is 11.3 Å². The number of rotatable bonds is 3. The summed E-state index contributed by atoms with van der Waals surface area (Å²) in [4.78, 5) is 15.8. The van der Waals surface area contributed by atoms with Crippen LogP contribution in [0.25, 0.3) is 0 Å². The van der Waals surface area contributed by atoms with Gasteiger partial charge in [-0.15, -0.1) is 0 Å². The SMILES string of the molecule is C[C@H](c1ccc(Br)cc1)N1CCN(C(=O)CC#N)CC1. The molecular formula is C15H18BrN3O. The molecule has 0 aliphatic carbocycles. The van der Waals surface area contributed by atoms with Crippen molar-refractivity contribution in [3.8, 4) is 6.07 Å². The molecular weight excluding hydrogens is 318 g/mol. The van der Waals surface area contributed by atoms with Crippen LogP contribution in [0.3, 0.4) is 0 Å². The predicted molar refractivity (Wildman–Crippen MR) is 80.9 cm³/mol. The van der Waals surface area contributed by atoms with E-state index in [9.17, 15) is 4.79 Å². The Morgan fingerprint density at radius 3 is 2.45 bits per heavy atom. The van der Waals surface area contributed by atoms with Gasteiger partial charge >= 0.3 is 0 Å². The minimum atomic E-state index is -0.0524. The van der Waals surface area contributed by atoms with Gasteiger partial charge < -0.3 is 4.90 Å². The van der Waals surface area contributed by atoms with Crippen LogP contribution in [0.2, 0.25) is 0 Å². The van der Waals surface area contributed by atoms with Crippen LogP contribution < -0.4 is 0 Å². The highest BCUT2D eigenvalue weighted by molar-refractivity contribution is 9.10. The zero-order chi connectivity index (χ0) is 14.5. The lowest BCUT2D eigenvalue weighted by Crippen LogP contribution is -2.49. The molecule has 1 aromatic rings. The first kappa shape index (κ1) is 15.0. The van der Waals surface area contributed by atoms with Crippen LogP contribution in [0.5, 0.6) is 0 Å². The van der Waals surface area contributed by atoms with Gasteiger partial charge in [0.15, 0.2) is 0 Å². The molecule has 1 atom stereocenters. The summed E-state index contributed by atoms with van der Waals surface area (Å²) in [7, 11) is 0. The standard InChI is InChI=1S/C15H18BrN3O/c1-12(13-2-4-14(16)5-3-13)18-8-10-19(11-9-18)15(20)6-7-17/h2-5,12H,6,8-11H2,1H3/t12-/m1/s1. The van der Waals surface area contributed by atoms with Crippen molar-refractivity contribution in [2.75, 3.05) is 26.2 Å². The molecule has 106 valence electrons. The van der Waals surface area contributed by atoms with Gasteiger partial charge in [0.1, 0.15) is 6.42 Å². The zero-order valence-corrected chi connectivity index (χ0v) is 13.1. The minimum Gasteiger partial charge on any atom is -0.339 e. The van der Waals surface area contributed by atoms with E-state index >= 15 is 0 Å². The fourth-order valence-corrected chi connectivity index (χ4v) is 2.75. The Hall–Kier alpha value is -1.38. The maximum absolute atomic E-state index is 11.7. The molecule has 0 saturated carbocycles. The molecule has 0 aromatic heterocycles. The van der Waals surface area contributed by atoms with Crippen molar-refractivity contribution in [2.45, 2.75) is 19.4 Å². The van der Waals surface area contributed by atoms with Gasteiger partial charge in [-0.2, -0.15) is 5.26 Å².